The number of halogens is 1. The largest absolute Gasteiger partial charge is 0.353 e. The Morgan fingerprint density at radius 1 is 1.17 bits per heavy atom. The molecular weight excluding hydrogens is 291 g/mol. The highest BCUT2D eigenvalue weighted by molar-refractivity contribution is 5.81. The van der Waals surface area contributed by atoms with Crippen LogP contribution in [0.2, 0.25) is 0 Å². The molecule has 5 heteroatoms. The van der Waals surface area contributed by atoms with Gasteiger partial charge < -0.3 is 10.6 Å². The molecule has 0 bridgehead atoms. The maximum Gasteiger partial charge on any atom is 0.209 e. The number of hydrogen-bond acceptors (Lipinski definition) is 2. The summed E-state index contributed by atoms with van der Waals surface area (Å²) >= 11 is 0. The van der Waals surface area contributed by atoms with Crippen LogP contribution >= 0.6 is 0 Å². The molecule has 0 radical (unpaired) electrons. The number of nitrogens with one attached hydrogen (secondary N) is 2. The molecule has 1 aliphatic carbocycles. The van der Waals surface area contributed by atoms with Gasteiger partial charge in [-0.25, -0.2) is 4.39 Å². The third kappa shape index (κ3) is 3.64. The highest BCUT2D eigenvalue weighted by Gasteiger charge is 2.24. The average molecular weight is 316 g/mol. The Hall–Kier alpha value is -2.09. The zero-order chi connectivity index (χ0) is 17.0. The summed E-state index contributed by atoms with van der Waals surface area (Å²) in [6, 6.07) is 0.210. The lowest BCUT2D eigenvalue weighted by molar-refractivity contribution is 0.480. The number of rotatable bonds is 3. The van der Waals surface area contributed by atoms with Crippen molar-refractivity contribution in [3.05, 3.63) is 33.4 Å². The lowest BCUT2D eigenvalue weighted by Crippen LogP contribution is -2.46. The Bertz CT molecular complexity index is 658. The molecule has 1 aromatic rings. The quantitative estimate of drug-likeness (QED) is 0.512. The summed E-state index contributed by atoms with van der Waals surface area (Å²) in [4.78, 5) is 3.72. The van der Waals surface area contributed by atoms with Gasteiger partial charge in [0, 0.05) is 12.6 Å². The van der Waals surface area contributed by atoms with Gasteiger partial charge in [-0.3, -0.25) is 0 Å². The van der Waals surface area contributed by atoms with Crippen LogP contribution in [0, 0.1) is 39.1 Å². The number of aliphatic imine (C=N–C) groups is 1. The fourth-order valence-corrected chi connectivity index (χ4v) is 3.40. The predicted octanol–water partition coefficient (Wildman–Crippen LogP) is 2.76. The Balaban J connectivity index is 2.20. The molecule has 0 heterocycles. The van der Waals surface area contributed by atoms with Crippen molar-refractivity contribution in [3.8, 4) is 6.19 Å². The van der Waals surface area contributed by atoms with E-state index in [0.717, 1.165) is 19.3 Å². The van der Waals surface area contributed by atoms with E-state index in [9.17, 15) is 4.39 Å². The normalized spacial score (nSPS) is 17.4. The number of nitrogens with zero attached hydrogens (tertiary/aromatic N) is 2. The molecule has 0 fully saturated rings. The number of alkyl halides is 1. The summed E-state index contributed by atoms with van der Waals surface area (Å²) < 4.78 is 12.3. The zero-order valence-electron chi connectivity index (χ0n) is 14.4. The molecule has 124 valence electrons. The van der Waals surface area contributed by atoms with E-state index in [2.05, 4.69) is 43.3 Å². The molecule has 1 aromatic carbocycles. The smallest absolute Gasteiger partial charge is 0.209 e. The van der Waals surface area contributed by atoms with Crippen LogP contribution < -0.4 is 10.6 Å². The van der Waals surface area contributed by atoms with Gasteiger partial charge >= 0.3 is 0 Å². The average Bonchev–Trinajstić information content (AvgIpc) is 2.56. The van der Waals surface area contributed by atoms with Crippen LogP contribution in [0.5, 0.6) is 0 Å². The molecular formula is C18H25FN4. The van der Waals surface area contributed by atoms with Crippen LogP contribution in [-0.4, -0.2) is 25.2 Å². The van der Waals surface area contributed by atoms with E-state index in [1.54, 1.807) is 6.19 Å². The van der Waals surface area contributed by atoms with Gasteiger partial charge in [0.2, 0.25) is 12.2 Å². The van der Waals surface area contributed by atoms with Crippen molar-refractivity contribution >= 4 is 5.96 Å². The third-order valence-corrected chi connectivity index (χ3v) is 5.04. The monoisotopic (exact) mass is 316 g/mol. The van der Waals surface area contributed by atoms with Gasteiger partial charge in [-0.05, 0) is 80.3 Å². The molecule has 0 saturated carbocycles. The molecule has 0 aliphatic heterocycles. The van der Waals surface area contributed by atoms with Crippen molar-refractivity contribution in [2.45, 2.75) is 53.0 Å². The SMILES string of the molecule is Cc1c(C)c(C)c2c(c1C)CCC(N/C(=N/C#N)NCCF)C2. The first-order valence-corrected chi connectivity index (χ1v) is 8.10. The topological polar surface area (TPSA) is 60.2 Å². The van der Waals surface area contributed by atoms with E-state index < -0.39 is 6.67 Å². The van der Waals surface area contributed by atoms with E-state index in [1.165, 1.54) is 33.4 Å². The third-order valence-electron chi connectivity index (χ3n) is 5.04. The van der Waals surface area contributed by atoms with Gasteiger partial charge in [-0.15, -0.1) is 4.99 Å². The maximum absolute atomic E-state index is 12.3. The van der Waals surface area contributed by atoms with Crippen LogP contribution in [0.3, 0.4) is 0 Å². The van der Waals surface area contributed by atoms with Crippen LogP contribution in [0.4, 0.5) is 4.39 Å². The predicted molar refractivity (Wildman–Crippen MR) is 91.4 cm³/mol. The molecule has 1 unspecified atom stereocenters. The molecule has 0 aromatic heterocycles. The first-order valence-electron chi connectivity index (χ1n) is 8.10. The summed E-state index contributed by atoms with van der Waals surface area (Å²) in [5, 5.41) is 14.9. The molecule has 0 spiro atoms. The van der Waals surface area contributed by atoms with Crippen molar-refractivity contribution < 1.29 is 4.39 Å². The van der Waals surface area contributed by atoms with Gasteiger partial charge in [-0.2, -0.15) is 5.26 Å². The minimum Gasteiger partial charge on any atom is -0.353 e. The highest BCUT2D eigenvalue weighted by Crippen LogP contribution is 2.32. The number of nitriles is 1. The number of fused-ring (bicyclic) bond motifs is 1. The summed E-state index contributed by atoms with van der Waals surface area (Å²) in [5.74, 6) is 0.372. The Morgan fingerprint density at radius 2 is 1.83 bits per heavy atom. The van der Waals surface area contributed by atoms with Crippen LogP contribution in [-0.2, 0) is 12.8 Å². The van der Waals surface area contributed by atoms with Crippen molar-refractivity contribution in [3.63, 3.8) is 0 Å². The molecule has 2 rings (SSSR count). The zero-order valence-corrected chi connectivity index (χ0v) is 14.4. The second-order valence-electron chi connectivity index (χ2n) is 6.22. The van der Waals surface area contributed by atoms with Crippen LogP contribution in [0.25, 0.3) is 0 Å². The van der Waals surface area contributed by atoms with E-state index in [0.29, 0.717) is 5.96 Å². The number of benzene rings is 1. The van der Waals surface area contributed by atoms with Crippen LogP contribution in [0.1, 0.15) is 39.8 Å². The lowest BCUT2D eigenvalue weighted by atomic mass is 9.79. The second-order valence-corrected chi connectivity index (χ2v) is 6.22. The van der Waals surface area contributed by atoms with E-state index in [1.807, 2.05) is 0 Å². The highest BCUT2D eigenvalue weighted by atomic mass is 19.1. The summed E-state index contributed by atoms with van der Waals surface area (Å²) in [6.07, 6.45) is 4.67. The molecule has 0 saturated heterocycles. The minimum atomic E-state index is -0.490. The van der Waals surface area contributed by atoms with Gasteiger partial charge in [0.25, 0.3) is 0 Å². The molecule has 1 atom stereocenters. The van der Waals surface area contributed by atoms with Crippen molar-refractivity contribution in [2.75, 3.05) is 13.2 Å². The van der Waals surface area contributed by atoms with E-state index >= 15 is 0 Å². The van der Waals surface area contributed by atoms with Gasteiger partial charge in [0.1, 0.15) is 6.67 Å². The molecule has 23 heavy (non-hydrogen) atoms. The van der Waals surface area contributed by atoms with E-state index in [-0.39, 0.29) is 12.6 Å². The first-order chi connectivity index (χ1) is 11.0. The van der Waals surface area contributed by atoms with Gasteiger partial charge in [-0.1, -0.05) is 0 Å². The molecule has 1 aliphatic rings. The van der Waals surface area contributed by atoms with Crippen LogP contribution in [0.15, 0.2) is 4.99 Å². The Labute approximate surface area is 137 Å². The van der Waals surface area contributed by atoms with Crippen molar-refractivity contribution in [2.24, 2.45) is 4.99 Å². The number of guanidine groups is 1. The standard InChI is InChI=1S/C18H25FN4/c1-11-12(2)14(4)17-9-15(5-6-16(17)13(11)3)23-18(22-10-20)21-8-7-19/h15H,5-9H2,1-4H3,(H2,21,22,23). The summed E-state index contributed by atoms with van der Waals surface area (Å²) in [7, 11) is 0. The van der Waals surface area contributed by atoms with Gasteiger partial charge in [0.15, 0.2) is 0 Å². The summed E-state index contributed by atoms with van der Waals surface area (Å²) in [6.45, 7) is 8.44. The van der Waals surface area contributed by atoms with Gasteiger partial charge in [0.05, 0.1) is 0 Å². The first kappa shape index (κ1) is 17.3. The molecule has 2 N–H and O–H groups in total. The minimum absolute atomic E-state index is 0.160. The lowest BCUT2D eigenvalue weighted by Gasteiger charge is -2.31. The number of hydrogen-bond donors (Lipinski definition) is 2. The fourth-order valence-electron chi connectivity index (χ4n) is 3.40. The fraction of sp³-hybridized carbons (Fsp3) is 0.556. The second kappa shape index (κ2) is 7.45. The maximum atomic E-state index is 12.3. The van der Waals surface area contributed by atoms with Crippen molar-refractivity contribution in [1.29, 1.82) is 5.26 Å². The Morgan fingerprint density at radius 3 is 2.43 bits per heavy atom. The molecule has 0 amide bonds. The summed E-state index contributed by atoms with van der Waals surface area (Å²) in [5.41, 5.74) is 8.41. The molecule has 4 nitrogen and oxygen atoms in total. The Kier molecular flexibility index (Phi) is 5.59. The van der Waals surface area contributed by atoms with E-state index in [4.69, 9.17) is 5.26 Å². The van der Waals surface area contributed by atoms with Crippen molar-refractivity contribution in [1.82, 2.24) is 10.6 Å².